The minimum atomic E-state index is -0.157. The number of nitrogens with one attached hydrogen (secondary N) is 2. The number of hydrogen-bond acceptors (Lipinski definition) is 5. The number of aromatic amines is 1. The summed E-state index contributed by atoms with van der Waals surface area (Å²) in [5.74, 6) is 0.472. The second-order valence-electron chi connectivity index (χ2n) is 5.96. The van der Waals surface area contributed by atoms with Crippen molar-refractivity contribution < 1.29 is 9.53 Å². The largest absolute Gasteiger partial charge is 0.473 e. The number of likely N-dealkylation sites (tertiary alicyclic amines) is 1. The van der Waals surface area contributed by atoms with Crippen LogP contribution in [-0.4, -0.2) is 52.2 Å². The molecule has 3 rings (SSSR count). The van der Waals surface area contributed by atoms with Crippen LogP contribution < -0.4 is 10.1 Å². The predicted molar refractivity (Wildman–Crippen MR) is 94.3 cm³/mol. The van der Waals surface area contributed by atoms with Crippen LogP contribution in [0.1, 0.15) is 28.8 Å². The number of rotatable bonds is 8. The summed E-state index contributed by atoms with van der Waals surface area (Å²) >= 11 is 0. The molecule has 25 heavy (non-hydrogen) atoms. The van der Waals surface area contributed by atoms with Crippen LogP contribution in [0.2, 0.25) is 0 Å². The standard InChI is InChI=1S/C18H23N5O2/c24-18(16-12-21-22-13-16)20-6-1-4-10-25-17-11-15(5-7-19-17)14-23-8-2-3-9-23/h1,4-5,7,11-13H,2-3,6,8-10,14H2,(H,20,24)(H,21,22). The molecule has 0 unspecified atom stereocenters. The van der Waals surface area contributed by atoms with E-state index in [0.717, 1.165) is 6.54 Å². The molecule has 2 aromatic rings. The fraction of sp³-hybridized carbons (Fsp3) is 0.389. The first-order valence-corrected chi connectivity index (χ1v) is 8.53. The molecule has 0 aromatic carbocycles. The van der Waals surface area contributed by atoms with Gasteiger partial charge >= 0.3 is 0 Å². The van der Waals surface area contributed by atoms with E-state index in [1.165, 1.54) is 37.7 Å². The molecule has 0 bridgehead atoms. The third-order valence-electron chi connectivity index (χ3n) is 4.04. The molecule has 2 N–H and O–H groups in total. The molecule has 0 spiro atoms. The number of carbonyl (C=O) groups excluding carboxylic acids is 1. The molecule has 132 valence electrons. The lowest BCUT2D eigenvalue weighted by Gasteiger charge is -2.14. The Morgan fingerprint density at radius 2 is 2.24 bits per heavy atom. The number of ether oxygens (including phenoxy) is 1. The van der Waals surface area contributed by atoms with Crippen molar-refractivity contribution in [2.45, 2.75) is 19.4 Å². The second kappa shape index (κ2) is 8.98. The van der Waals surface area contributed by atoms with Crippen LogP contribution in [0.25, 0.3) is 0 Å². The molecule has 0 atom stereocenters. The zero-order valence-corrected chi connectivity index (χ0v) is 14.1. The molecular formula is C18H23N5O2. The molecule has 3 heterocycles. The summed E-state index contributed by atoms with van der Waals surface area (Å²) in [5, 5.41) is 9.12. The van der Waals surface area contributed by atoms with Crippen molar-refractivity contribution in [1.82, 2.24) is 25.4 Å². The molecule has 2 aromatic heterocycles. The van der Waals surface area contributed by atoms with Gasteiger partial charge in [0.15, 0.2) is 0 Å². The molecule has 1 saturated heterocycles. The second-order valence-corrected chi connectivity index (χ2v) is 5.96. The van der Waals surface area contributed by atoms with E-state index < -0.39 is 0 Å². The summed E-state index contributed by atoms with van der Waals surface area (Å²) in [6.07, 6.45) is 11.1. The van der Waals surface area contributed by atoms with Gasteiger partial charge in [-0.2, -0.15) is 5.10 Å². The summed E-state index contributed by atoms with van der Waals surface area (Å²) in [4.78, 5) is 18.4. The summed E-state index contributed by atoms with van der Waals surface area (Å²) in [6, 6.07) is 4.03. The van der Waals surface area contributed by atoms with Gasteiger partial charge in [0.05, 0.1) is 11.8 Å². The number of pyridine rings is 1. The van der Waals surface area contributed by atoms with E-state index >= 15 is 0 Å². The highest BCUT2D eigenvalue weighted by molar-refractivity contribution is 5.93. The zero-order chi connectivity index (χ0) is 17.3. The minimum Gasteiger partial charge on any atom is -0.473 e. The van der Waals surface area contributed by atoms with Gasteiger partial charge in [-0.05, 0) is 43.6 Å². The molecule has 1 aliphatic rings. The van der Waals surface area contributed by atoms with Crippen molar-refractivity contribution in [3.63, 3.8) is 0 Å². The van der Waals surface area contributed by atoms with E-state index in [0.29, 0.717) is 24.6 Å². The summed E-state index contributed by atoms with van der Waals surface area (Å²) in [6.45, 7) is 4.16. The number of aromatic nitrogens is 3. The van der Waals surface area contributed by atoms with Crippen LogP contribution in [0.3, 0.4) is 0 Å². The van der Waals surface area contributed by atoms with Crippen molar-refractivity contribution >= 4 is 5.91 Å². The van der Waals surface area contributed by atoms with Gasteiger partial charge in [-0.25, -0.2) is 4.98 Å². The van der Waals surface area contributed by atoms with Gasteiger partial charge in [-0.1, -0.05) is 6.08 Å². The van der Waals surface area contributed by atoms with Crippen molar-refractivity contribution in [2.24, 2.45) is 0 Å². The minimum absolute atomic E-state index is 0.157. The smallest absolute Gasteiger partial charge is 0.254 e. The van der Waals surface area contributed by atoms with E-state index in [1.54, 1.807) is 12.4 Å². The highest BCUT2D eigenvalue weighted by Gasteiger charge is 2.12. The van der Waals surface area contributed by atoms with Crippen molar-refractivity contribution in [1.29, 1.82) is 0 Å². The van der Waals surface area contributed by atoms with Gasteiger partial charge in [0.25, 0.3) is 5.91 Å². The summed E-state index contributed by atoms with van der Waals surface area (Å²) in [7, 11) is 0. The SMILES string of the molecule is O=C(NCC=CCOc1cc(CN2CCCC2)ccn1)c1cn[nH]c1. The van der Waals surface area contributed by atoms with Crippen molar-refractivity contribution in [3.8, 4) is 5.88 Å². The number of carbonyl (C=O) groups is 1. The van der Waals surface area contributed by atoms with Gasteiger partial charge in [-0.3, -0.25) is 14.8 Å². The highest BCUT2D eigenvalue weighted by atomic mass is 16.5. The topological polar surface area (TPSA) is 83.1 Å². The third-order valence-corrected chi connectivity index (χ3v) is 4.04. The Bertz CT molecular complexity index is 693. The van der Waals surface area contributed by atoms with Crippen LogP contribution in [0.4, 0.5) is 0 Å². The monoisotopic (exact) mass is 341 g/mol. The highest BCUT2D eigenvalue weighted by Crippen LogP contribution is 2.15. The average molecular weight is 341 g/mol. The molecule has 0 saturated carbocycles. The average Bonchev–Trinajstić information content (AvgIpc) is 3.32. The number of H-pyrrole nitrogens is 1. The summed E-state index contributed by atoms with van der Waals surface area (Å²) < 4.78 is 5.65. The molecule has 7 nitrogen and oxygen atoms in total. The lowest BCUT2D eigenvalue weighted by Crippen LogP contribution is -2.22. The molecule has 1 amide bonds. The lowest BCUT2D eigenvalue weighted by molar-refractivity contribution is 0.0958. The van der Waals surface area contributed by atoms with E-state index in [9.17, 15) is 4.79 Å². The molecular weight excluding hydrogens is 318 g/mol. The number of hydrogen-bond donors (Lipinski definition) is 2. The summed E-state index contributed by atoms with van der Waals surface area (Å²) in [5.41, 5.74) is 1.74. The van der Waals surface area contributed by atoms with Gasteiger partial charge in [-0.15, -0.1) is 0 Å². The Kier molecular flexibility index (Phi) is 6.17. The fourth-order valence-corrected chi connectivity index (χ4v) is 2.74. The maximum absolute atomic E-state index is 11.7. The first-order chi connectivity index (χ1) is 12.3. The first kappa shape index (κ1) is 17.2. The van der Waals surface area contributed by atoms with Gasteiger partial charge < -0.3 is 10.1 Å². The Morgan fingerprint density at radius 1 is 1.36 bits per heavy atom. The van der Waals surface area contributed by atoms with E-state index in [-0.39, 0.29) is 5.91 Å². The van der Waals surface area contributed by atoms with Crippen molar-refractivity contribution in [3.05, 3.63) is 54.0 Å². The third kappa shape index (κ3) is 5.42. The van der Waals surface area contributed by atoms with Gasteiger partial charge in [0, 0.05) is 31.5 Å². The Balaban J connectivity index is 1.37. The number of nitrogens with zero attached hydrogens (tertiary/aromatic N) is 3. The first-order valence-electron chi connectivity index (χ1n) is 8.53. The normalized spacial score (nSPS) is 14.9. The van der Waals surface area contributed by atoms with Gasteiger partial charge in [0.1, 0.15) is 6.61 Å². The Hall–Kier alpha value is -2.67. The predicted octanol–water partition coefficient (Wildman–Crippen LogP) is 1.77. The number of amides is 1. The van der Waals surface area contributed by atoms with E-state index in [1.807, 2.05) is 24.3 Å². The molecule has 0 radical (unpaired) electrons. The Labute approximate surface area is 147 Å². The molecule has 7 heteroatoms. The van der Waals surface area contributed by atoms with Crippen LogP contribution in [0.15, 0.2) is 42.9 Å². The maximum Gasteiger partial charge on any atom is 0.254 e. The lowest BCUT2D eigenvalue weighted by atomic mass is 10.2. The van der Waals surface area contributed by atoms with Crippen LogP contribution in [-0.2, 0) is 6.54 Å². The molecule has 1 fully saturated rings. The van der Waals surface area contributed by atoms with Crippen LogP contribution in [0.5, 0.6) is 5.88 Å². The Morgan fingerprint density at radius 3 is 3.04 bits per heavy atom. The van der Waals surface area contributed by atoms with E-state index in [4.69, 9.17) is 4.74 Å². The fourth-order valence-electron chi connectivity index (χ4n) is 2.74. The van der Waals surface area contributed by atoms with E-state index in [2.05, 4.69) is 25.4 Å². The zero-order valence-electron chi connectivity index (χ0n) is 14.1. The van der Waals surface area contributed by atoms with Crippen molar-refractivity contribution in [2.75, 3.05) is 26.2 Å². The van der Waals surface area contributed by atoms with Crippen LogP contribution >= 0.6 is 0 Å². The quantitative estimate of drug-likeness (QED) is 0.715. The van der Waals surface area contributed by atoms with Crippen LogP contribution in [0, 0.1) is 0 Å². The molecule has 1 aliphatic heterocycles. The maximum atomic E-state index is 11.7. The molecule has 0 aliphatic carbocycles. The van der Waals surface area contributed by atoms with Gasteiger partial charge in [0.2, 0.25) is 5.88 Å².